The Bertz CT molecular complexity index is 1210. The quantitative estimate of drug-likeness (QED) is 0.282. The molecule has 4 N–H and O–H groups in total. The Balaban J connectivity index is 1.77. The number of nitrogens with two attached hydrogens (primary N) is 1. The molecule has 38 heavy (non-hydrogen) atoms. The van der Waals surface area contributed by atoms with Crippen LogP contribution in [-0.4, -0.2) is 61.4 Å². The summed E-state index contributed by atoms with van der Waals surface area (Å²) in [5.74, 6) is 0.497. The zero-order valence-electron chi connectivity index (χ0n) is 22.6. The molecule has 1 fully saturated rings. The van der Waals surface area contributed by atoms with Gasteiger partial charge in [-0.3, -0.25) is 10.1 Å². The first-order valence-corrected chi connectivity index (χ1v) is 13.7. The number of aromatic nitrogens is 1. The molecular formula is C27H38N6O4S. The van der Waals surface area contributed by atoms with Gasteiger partial charge in [-0.2, -0.15) is 0 Å². The van der Waals surface area contributed by atoms with Crippen LogP contribution in [0, 0.1) is 5.41 Å². The van der Waals surface area contributed by atoms with E-state index >= 15 is 0 Å². The van der Waals surface area contributed by atoms with Crippen molar-refractivity contribution in [3.8, 4) is 0 Å². The first-order valence-electron chi connectivity index (χ1n) is 12.8. The third-order valence-electron chi connectivity index (χ3n) is 6.76. The van der Waals surface area contributed by atoms with Gasteiger partial charge in [-0.25, -0.2) is 14.8 Å². The predicted octanol–water partition coefficient (Wildman–Crippen LogP) is 4.48. The predicted molar refractivity (Wildman–Crippen MR) is 153 cm³/mol. The van der Waals surface area contributed by atoms with Gasteiger partial charge in [-0.15, -0.1) is 0 Å². The lowest BCUT2D eigenvalue weighted by Gasteiger charge is -2.40. The topological polar surface area (TPSA) is 131 Å². The lowest BCUT2D eigenvalue weighted by Crippen LogP contribution is -2.44. The number of hydrogen-bond donors (Lipinski definition) is 3. The Morgan fingerprint density at radius 2 is 2.03 bits per heavy atom. The van der Waals surface area contributed by atoms with Crippen molar-refractivity contribution in [3.05, 3.63) is 41.9 Å². The number of ether oxygens (including phenoxy) is 2. The van der Waals surface area contributed by atoms with Crippen LogP contribution in [0.3, 0.4) is 0 Å². The van der Waals surface area contributed by atoms with E-state index in [0.29, 0.717) is 62.2 Å². The number of nitrogens with one attached hydrogen (secondary N) is 2. The SMILES string of the molecule is C=C(/N=C\C(=C/N)c1cc(COC)c2sc(NC(=O)NCC)nc2c1)N1CCC(CC)(C(=O)OCC)CC1. The van der Waals surface area contributed by atoms with Gasteiger partial charge in [-0.05, 0) is 56.4 Å². The van der Waals surface area contributed by atoms with Crippen LogP contribution in [-0.2, 0) is 20.9 Å². The molecule has 0 radical (unpaired) electrons. The number of rotatable bonds is 11. The number of fused-ring (bicyclic) bond motifs is 1. The summed E-state index contributed by atoms with van der Waals surface area (Å²) < 4.78 is 11.7. The largest absolute Gasteiger partial charge is 0.466 e. The maximum Gasteiger partial charge on any atom is 0.321 e. The molecule has 0 saturated carbocycles. The van der Waals surface area contributed by atoms with E-state index in [9.17, 15) is 9.59 Å². The Hall–Kier alpha value is -3.44. The van der Waals surface area contributed by atoms with Crippen LogP contribution in [0.25, 0.3) is 15.8 Å². The zero-order valence-corrected chi connectivity index (χ0v) is 23.5. The van der Waals surface area contributed by atoms with Gasteiger partial charge in [0.15, 0.2) is 5.13 Å². The first kappa shape index (κ1) is 29.1. The van der Waals surface area contributed by atoms with Crippen molar-refractivity contribution in [1.82, 2.24) is 15.2 Å². The lowest BCUT2D eigenvalue weighted by atomic mass is 9.76. The van der Waals surface area contributed by atoms with E-state index in [-0.39, 0.29) is 12.0 Å². The van der Waals surface area contributed by atoms with Gasteiger partial charge in [0, 0.05) is 44.7 Å². The fraction of sp³-hybridized carbons (Fsp3) is 0.481. The van der Waals surface area contributed by atoms with Crippen LogP contribution in [0.4, 0.5) is 9.93 Å². The van der Waals surface area contributed by atoms with E-state index in [1.54, 1.807) is 13.3 Å². The van der Waals surface area contributed by atoms with Crippen LogP contribution in [0.1, 0.15) is 51.2 Å². The number of nitrogens with zero attached hydrogens (tertiary/aromatic N) is 3. The lowest BCUT2D eigenvalue weighted by molar-refractivity contribution is -0.158. The monoisotopic (exact) mass is 542 g/mol. The smallest absolute Gasteiger partial charge is 0.321 e. The molecule has 0 unspecified atom stereocenters. The number of benzene rings is 1. The van der Waals surface area contributed by atoms with Crippen LogP contribution in [0.5, 0.6) is 0 Å². The zero-order chi connectivity index (χ0) is 27.7. The van der Waals surface area contributed by atoms with E-state index in [0.717, 1.165) is 27.8 Å². The van der Waals surface area contributed by atoms with E-state index in [4.69, 9.17) is 15.2 Å². The molecule has 11 heteroatoms. The van der Waals surface area contributed by atoms with Gasteiger partial charge in [0.2, 0.25) is 0 Å². The van der Waals surface area contributed by atoms with E-state index in [2.05, 4.69) is 32.1 Å². The summed E-state index contributed by atoms with van der Waals surface area (Å²) >= 11 is 1.39. The van der Waals surface area contributed by atoms with Gasteiger partial charge >= 0.3 is 12.0 Å². The minimum Gasteiger partial charge on any atom is -0.466 e. The van der Waals surface area contributed by atoms with Crippen molar-refractivity contribution in [2.24, 2.45) is 16.1 Å². The molecule has 0 bridgehead atoms. The number of allylic oxidation sites excluding steroid dienone is 1. The van der Waals surface area contributed by atoms with Crippen molar-refractivity contribution in [2.75, 3.05) is 38.7 Å². The molecule has 3 rings (SSSR count). The summed E-state index contributed by atoms with van der Waals surface area (Å²) in [7, 11) is 1.63. The highest BCUT2D eigenvalue weighted by Gasteiger charge is 2.41. The number of esters is 1. The molecule has 206 valence electrons. The number of likely N-dealkylation sites (tertiary alicyclic amines) is 1. The van der Waals surface area contributed by atoms with Crippen LogP contribution in [0.2, 0.25) is 0 Å². The van der Waals surface area contributed by atoms with Crippen LogP contribution in [0.15, 0.2) is 35.7 Å². The fourth-order valence-electron chi connectivity index (χ4n) is 4.51. The Morgan fingerprint density at radius 1 is 1.29 bits per heavy atom. The molecule has 2 amide bonds. The molecule has 10 nitrogen and oxygen atoms in total. The van der Waals surface area contributed by atoms with Crippen molar-refractivity contribution < 1.29 is 19.1 Å². The highest BCUT2D eigenvalue weighted by Crippen LogP contribution is 2.37. The number of thiazole rings is 1. The van der Waals surface area contributed by atoms with Gasteiger partial charge in [0.25, 0.3) is 0 Å². The maximum absolute atomic E-state index is 12.5. The Labute approximate surface area is 228 Å². The standard InChI is InChI=1S/C27H38N6O4S/c1-6-27(24(34)37-8-3)9-11-33(12-10-27)18(4)30-16-21(15-28)19-13-20(17-36-5)23-22(14-19)31-26(38-23)32-25(35)29-7-2/h13-16H,4,6-12,17,28H2,1-3,5H3,(H2,29,31,32,35)/b21-15+,30-16-. The third-order valence-corrected chi connectivity index (χ3v) is 7.82. The number of amides is 2. The Kier molecular flexibility index (Phi) is 10.3. The average Bonchev–Trinajstić information content (AvgIpc) is 3.32. The van der Waals surface area contributed by atoms with E-state index in [1.165, 1.54) is 17.5 Å². The number of hydrogen-bond acceptors (Lipinski definition) is 9. The molecule has 2 aromatic rings. The molecule has 1 saturated heterocycles. The number of piperidine rings is 1. The first-order chi connectivity index (χ1) is 18.3. The fourth-order valence-corrected chi connectivity index (χ4v) is 5.44. The summed E-state index contributed by atoms with van der Waals surface area (Å²) in [6.45, 7) is 12.5. The van der Waals surface area contributed by atoms with Crippen molar-refractivity contribution in [1.29, 1.82) is 0 Å². The number of anilines is 1. The number of urea groups is 1. The normalized spacial score (nSPS) is 15.6. The molecule has 0 atom stereocenters. The van der Waals surface area contributed by atoms with Crippen molar-refractivity contribution >= 4 is 50.5 Å². The Morgan fingerprint density at radius 3 is 2.63 bits per heavy atom. The number of carbonyl (C=O) groups excluding carboxylic acids is 2. The second-order valence-corrected chi connectivity index (χ2v) is 10.1. The van der Waals surface area contributed by atoms with Crippen LogP contribution < -0.4 is 16.4 Å². The molecule has 0 aliphatic carbocycles. The van der Waals surface area contributed by atoms with Crippen molar-refractivity contribution in [3.63, 3.8) is 0 Å². The third kappa shape index (κ3) is 6.70. The molecule has 1 aliphatic heterocycles. The van der Waals surface area contributed by atoms with E-state index in [1.807, 2.05) is 32.9 Å². The molecule has 1 aromatic carbocycles. The molecule has 2 heterocycles. The van der Waals surface area contributed by atoms with Gasteiger partial charge in [0.1, 0.15) is 5.82 Å². The molecule has 0 spiro atoms. The maximum atomic E-state index is 12.5. The van der Waals surface area contributed by atoms with Crippen molar-refractivity contribution in [2.45, 2.75) is 46.6 Å². The highest BCUT2D eigenvalue weighted by molar-refractivity contribution is 7.22. The molecule has 1 aromatic heterocycles. The summed E-state index contributed by atoms with van der Waals surface area (Å²) in [6.07, 6.45) is 5.33. The highest BCUT2D eigenvalue weighted by atomic mass is 32.1. The number of methoxy groups -OCH3 is 1. The summed E-state index contributed by atoms with van der Waals surface area (Å²) in [5.41, 5.74) is 8.73. The van der Waals surface area contributed by atoms with Gasteiger partial charge in [0.05, 0.1) is 28.8 Å². The summed E-state index contributed by atoms with van der Waals surface area (Å²) in [4.78, 5) is 35.8. The van der Waals surface area contributed by atoms with Crippen LogP contribution >= 0.6 is 11.3 Å². The summed E-state index contributed by atoms with van der Waals surface area (Å²) in [5, 5.41) is 5.97. The second kappa shape index (κ2) is 13.4. The number of carbonyl (C=O) groups is 2. The van der Waals surface area contributed by atoms with Gasteiger partial charge < -0.3 is 25.4 Å². The summed E-state index contributed by atoms with van der Waals surface area (Å²) in [6, 6.07) is 3.60. The van der Waals surface area contributed by atoms with E-state index < -0.39 is 5.41 Å². The number of aliphatic imine (C=N–C) groups is 1. The molecular weight excluding hydrogens is 504 g/mol. The second-order valence-electron chi connectivity index (χ2n) is 9.06. The minimum atomic E-state index is -0.440. The minimum absolute atomic E-state index is 0.113. The molecule has 1 aliphatic rings. The average molecular weight is 543 g/mol. The van der Waals surface area contributed by atoms with Gasteiger partial charge in [-0.1, -0.05) is 24.8 Å².